The van der Waals surface area contributed by atoms with E-state index < -0.39 is 5.60 Å². The van der Waals surface area contributed by atoms with Crippen molar-refractivity contribution in [3.63, 3.8) is 0 Å². The molecule has 3 heteroatoms. The molecule has 0 radical (unpaired) electrons. The normalized spacial score (nSPS) is 25.2. The minimum Gasteiger partial charge on any atom is -0.390 e. The van der Waals surface area contributed by atoms with Gasteiger partial charge in [0, 0.05) is 17.5 Å². The number of hydrogen-bond donors (Lipinski definition) is 1. The van der Waals surface area contributed by atoms with Crippen LogP contribution in [-0.2, 0) is 12.8 Å². The molecule has 0 aliphatic heterocycles. The van der Waals surface area contributed by atoms with Gasteiger partial charge in [0.1, 0.15) is 0 Å². The lowest BCUT2D eigenvalue weighted by Gasteiger charge is -2.44. The molecule has 2 nitrogen and oxygen atoms in total. The second-order valence-electron chi connectivity index (χ2n) is 8.87. The fourth-order valence-electron chi connectivity index (χ4n) is 4.79. The Balaban J connectivity index is 1.60. The number of rotatable bonds is 8. The number of aliphatic hydroxyl groups is 1. The molecule has 1 N–H and O–H groups in total. The van der Waals surface area contributed by atoms with Crippen LogP contribution in [0, 0.1) is 11.8 Å². The SMILES string of the molecule is CN(C)CC1CC(Cc2ccc(Cl)cc2)CCC1(O)CCCc1ccccc1. The number of aryl methyl sites for hydroxylation is 1. The van der Waals surface area contributed by atoms with Crippen molar-refractivity contribution in [2.75, 3.05) is 20.6 Å². The van der Waals surface area contributed by atoms with Crippen LogP contribution >= 0.6 is 11.6 Å². The van der Waals surface area contributed by atoms with E-state index in [0.29, 0.717) is 11.8 Å². The van der Waals surface area contributed by atoms with Crippen LogP contribution in [-0.4, -0.2) is 36.2 Å². The van der Waals surface area contributed by atoms with Crippen molar-refractivity contribution >= 4 is 11.6 Å². The van der Waals surface area contributed by atoms with Crippen LogP contribution in [0.25, 0.3) is 0 Å². The van der Waals surface area contributed by atoms with Gasteiger partial charge in [0.25, 0.3) is 0 Å². The van der Waals surface area contributed by atoms with Crippen molar-refractivity contribution < 1.29 is 5.11 Å². The van der Waals surface area contributed by atoms with E-state index in [9.17, 15) is 5.11 Å². The molecule has 0 bridgehead atoms. The molecule has 1 saturated carbocycles. The van der Waals surface area contributed by atoms with Crippen molar-refractivity contribution in [3.05, 3.63) is 70.7 Å². The second kappa shape index (κ2) is 9.91. The Bertz CT molecular complexity index is 715. The lowest BCUT2D eigenvalue weighted by Crippen LogP contribution is -2.47. The highest BCUT2D eigenvalue weighted by atomic mass is 35.5. The highest BCUT2D eigenvalue weighted by molar-refractivity contribution is 6.30. The van der Waals surface area contributed by atoms with Gasteiger partial charge in [-0.1, -0.05) is 54.1 Å². The molecule has 3 unspecified atom stereocenters. The summed E-state index contributed by atoms with van der Waals surface area (Å²) in [6, 6.07) is 18.9. The Kier molecular flexibility index (Phi) is 7.56. The molecule has 2 aromatic rings. The van der Waals surface area contributed by atoms with Gasteiger partial charge in [0.15, 0.2) is 0 Å². The van der Waals surface area contributed by atoms with E-state index in [2.05, 4.69) is 61.5 Å². The van der Waals surface area contributed by atoms with Crippen LogP contribution in [0.1, 0.15) is 43.2 Å². The summed E-state index contributed by atoms with van der Waals surface area (Å²) in [4.78, 5) is 2.23. The van der Waals surface area contributed by atoms with Crippen molar-refractivity contribution in [2.45, 2.75) is 50.5 Å². The standard InChI is InChI=1S/C25H34ClNO/c1-27(2)19-23-18-22(17-21-10-12-24(26)13-11-21)14-16-25(23,28)15-6-9-20-7-4-3-5-8-20/h3-5,7-8,10-13,22-23,28H,6,9,14-19H2,1-2H3. The molecular formula is C25H34ClNO. The summed E-state index contributed by atoms with van der Waals surface area (Å²) in [6.45, 7) is 0.957. The Hall–Kier alpha value is -1.35. The lowest BCUT2D eigenvalue weighted by molar-refractivity contribution is -0.0759. The third-order valence-electron chi connectivity index (χ3n) is 6.30. The molecule has 0 saturated heterocycles. The molecule has 0 aromatic heterocycles. The summed E-state index contributed by atoms with van der Waals surface area (Å²) < 4.78 is 0. The van der Waals surface area contributed by atoms with E-state index in [1.54, 1.807) is 0 Å². The van der Waals surface area contributed by atoms with E-state index in [1.807, 2.05) is 12.1 Å². The zero-order chi connectivity index (χ0) is 20.0. The minimum absolute atomic E-state index is 0.337. The highest BCUT2D eigenvalue weighted by Gasteiger charge is 2.41. The number of nitrogens with zero attached hydrogens (tertiary/aromatic N) is 1. The summed E-state index contributed by atoms with van der Waals surface area (Å²) in [6.07, 6.45) is 7.20. The molecular weight excluding hydrogens is 366 g/mol. The first-order chi connectivity index (χ1) is 13.4. The maximum Gasteiger partial charge on any atom is 0.0688 e. The minimum atomic E-state index is -0.532. The fourth-order valence-corrected chi connectivity index (χ4v) is 4.92. The summed E-state index contributed by atoms with van der Waals surface area (Å²) in [5.41, 5.74) is 2.19. The Morgan fingerprint density at radius 2 is 1.75 bits per heavy atom. The van der Waals surface area contributed by atoms with Crippen molar-refractivity contribution in [3.8, 4) is 0 Å². The summed E-state index contributed by atoms with van der Waals surface area (Å²) in [7, 11) is 4.24. The van der Waals surface area contributed by atoms with Gasteiger partial charge in [-0.15, -0.1) is 0 Å². The monoisotopic (exact) mass is 399 g/mol. The van der Waals surface area contributed by atoms with E-state index in [0.717, 1.165) is 56.5 Å². The number of benzene rings is 2. The van der Waals surface area contributed by atoms with Crippen LogP contribution < -0.4 is 0 Å². The largest absolute Gasteiger partial charge is 0.390 e. The first kappa shape index (κ1) is 21.4. The third kappa shape index (κ3) is 6.07. The molecule has 0 spiro atoms. The zero-order valence-corrected chi connectivity index (χ0v) is 18.0. The van der Waals surface area contributed by atoms with Crippen LogP contribution in [0.5, 0.6) is 0 Å². The van der Waals surface area contributed by atoms with Crippen LogP contribution in [0.15, 0.2) is 54.6 Å². The van der Waals surface area contributed by atoms with E-state index in [1.165, 1.54) is 11.1 Å². The van der Waals surface area contributed by atoms with Crippen LogP contribution in [0.2, 0.25) is 5.02 Å². The van der Waals surface area contributed by atoms with Gasteiger partial charge in [-0.3, -0.25) is 0 Å². The molecule has 0 heterocycles. The van der Waals surface area contributed by atoms with Crippen LogP contribution in [0.4, 0.5) is 0 Å². The first-order valence-electron chi connectivity index (χ1n) is 10.6. The van der Waals surface area contributed by atoms with Crippen molar-refractivity contribution in [1.82, 2.24) is 4.90 Å². The van der Waals surface area contributed by atoms with E-state index >= 15 is 0 Å². The average molecular weight is 400 g/mol. The van der Waals surface area contributed by atoms with Gasteiger partial charge < -0.3 is 10.0 Å². The van der Waals surface area contributed by atoms with Gasteiger partial charge in [-0.2, -0.15) is 0 Å². The number of halogens is 1. The first-order valence-corrected chi connectivity index (χ1v) is 11.0. The maximum absolute atomic E-state index is 11.5. The van der Waals surface area contributed by atoms with Gasteiger partial charge >= 0.3 is 0 Å². The van der Waals surface area contributed by atoms with Crippen molar-refractivity contribution in [2.24, 2.45) is 11.8 Å². The Morgan fingerprint density at radius 3 is 2.43 bits per heavy atom. The maximum atomic E-state index is 11.5. The molecule has 1 aliphatic carbocycles. The third-order valence-corrected chi connectivity index (χ3v) is 6.56. The predicted octanol–water partition coefficient (Wildman–Crippen LogP) is 5.61. The quantitative estimate of drug-likeness (QED) is 0.623. The van der Waals surface area contributed by atoms with Gasteiger partial charge in [-0.05, 0) is 88.2 Å². The summed E-state index contributed by atoms with van der Waals surface area (Å²) >= 11 is 6.03. The molecule has 2 aromatic carbocycles. The zero-order valence-electron chi connectivity index (χ0n) is 17.3. The molecule has 28 heavy (non-hydrogen) atoms. The average Bonchev–Trinajstić information content (AvgIpc) is 2.67. The van der Waals surface area contributed by atoms with E-state index in [-0.39, 0.29) is 0 Å². The predicted molar refractivity (Wildman–Crippen MR) is 119 cm³/mol. The smallest absolute Gasteiger partial charge is 0.0688 e. The van der Waals surface area contributed by atoms with Crippen LogP contribution in [0.3, 0.4) is 0 Å². The van der Waals surface area contributed by atoms with Gasteiger partial charge in [0.05, 0.1) is 5.60 Å². The second-order valence-corrected chi connectivity index (χ2v) is 9.31. The van der Waals surface area contributed by atoms with Gasteiger partial charge in [-0.25, -0.2) is 0 Å². The summed E-state index contributed by atoms with van der Waals surface area (Å²) in [5.74, 6) is 0.977. The fraction of sp³-hybridized carbons (Fsp3) is 0.520. The molecule has 3 rings (SSSR count). The topological polar surface area (TPSA) is 23.5 Å². The Morgan fingerprint density at radius 1 is 1.04 bits per heavy atom. The Labute approximate surface area is 175 Å². The molecule has 0 amide bonds. The molecule has 1 aliphatic rings. The molecule has 3 atom stereocenters. The summed E-state index contributed by atoms with van der Waals surface area (Å²) in [5, 5.41) is 12.3. The van der Waals surface area contributed by atoms with E-state index in [4.69, 9.17) is 11.6 Å². The molecule has 1 fully saturated rings. The number of hydrogen-bond acceptors (Lipinski definition) is 2. The molecule has 152 valence electrons. The lowest BCUT2D eigenvalue weighted by atomic mass is 9.67. The highest BCUT2D eigenvalue weighted by Crippen LogP contribution is 2.41. The van der Waals surface area contributed by atoms with Crippen molar-refractivity contribution in [1.29, 1.82) is 0 Å². The van der Waals surface area contributed by atoms with Gasteiger partial charge in [0.2, 0.25) is 0 Å².